The summed E-state index contributed by atoms with van der Waals surface area (Å²) in [5.74, 6) is 0.137. The van der Waals surface area contributed by atoms with Crippen LogP contribution in [0.5, 0.6) is 0 Å². The molecule has 4 heteroatoms. The lowest BCUT2D eigenvalue weighted by Gasteiger charge is -2.06. The van der Waals surface area contributed by atoms with Gasteiger partial charge in [-0.25, -0.2) is 0 Å². The molecule has 4 nitrogen and oxygen atoms in total. The molecule has 1 unspecified atom stereocenters. The fraction of sp³-hybridized carbons (Fsp3) is 0.929. The molecule has 0 spiro atoms. The molecule has 3 N–H and O–H groups in total. The smallest absolute Gasteiger partial charge is 0.219 e. The van der Waals surface area contributed by atoms with Crippen molar-refractivity contribution in [2.24, 2.45) is 0 Å². The van der Waals surface area contributed by atoms with Crippen LogP contribution in [0.2, 0.25) is 0 Å². The molecular formula is C14H29NO3. The largest absolute Gasteiger partial charge is 0.394 e. The maximum absolute atomic E-state index is 10.9. The van der Waals surface area contributed by atoms with Crippen molar-refractivity contribution < 1.29 is 15.0 Å². The van der Waals surface area contributed by atoms with E-state index in [9.17, 15) is 4.79 Å². The fourth-order valence-electron chi connectivity index (χ4n) is 1.83. The van der Waals surface area contributed by atoms with E-state index in [1.807, 2.05) is 6.92 Å². The maximum Gasteiger partial charge on any atom is 0.219 e. The molecule has 0 aromatic rings. The second-order valence-corrected chi connectivity index (χ2v) is 4.80. The summed E-state index contributed by atoms with van der Waals surface area (Å²) in [4.78, 5) is 10.9. The highest BCUT2D eigenvalue weighted by Gasteiger charge is 2.00. The van der Waals surface area contributed by atoms with Gasteiger partial charge in [0.15, 0.2) is 0 Å². The van der Waals surface area contributed by atoms with Crippen molar-refractivity contribution in [3.63, 3.8) is 0 Å². The quantitative estimate of drug-likeness (QED) is 0.469. The molecule has 1 amide bonds. The molecule has 0 aliphatic rings. The molecule has 0 aliphatic heterocycles. The predicted molar refractivity (Wildman–Crippen MR) is 73.3 cm³/mol. The average Bonchev–Trinajstić information content (AvgIpc) is 2.40. The van der Waals surface area contributed by atoms with E-state index in [2.05, 4.69) is 5.32 Å². The Morgan fingerprint density at radius 2 is 1.61 bits per heavy atom. The van der Waals surface area contributed by atoms with E-state index in [1.165, 1.54) is 25.7 Å². The number of hydrogen-bond donors (Lipinski definition) is 3. The van der Waals surface area contributed by atoms with Gasteiger partial charge in [0.25, 0.3) is 0 Å². The number of hydrogen-bond acceptors (Lipinski definition) is 3. The molecule has 0 saturated heterocycles. The van der Waals surface area contributed by atoms with Crippen molar-refractivity contribution in [3.8, 4) is 0 Å². The highest BCUT2D eigenvalue weighted by Crippen LogP contribution is 2.09. The minimum absolute atomic E-state index is 0.122. The third-order valence-corrected chi connectivity index (χ3v) is 3.07. The lowest BCUT2D eigenvalue weighted by atomic mass is 10.1. The maximum atomic E-state index is 10.9. The van der Waals surface area contributed by atoms with Crippen LogP contribution in [-0.4, -0.2) is 35.4 Å². The Kier molecular flexibility index (Phi) is 12.4. The average molecular weight is 259 g/mol. The molecule has 0 aliphatic carbocycles. The van der Waals surface area contributed by atoms with E-state index < -0.39 is 6.10 Å². The van der Waals surface area contributed by atoms with Gasteiger partial charge in [0.1, 0.15) is 0 Å². The monoisotopic (exact) mass is 259 g/mol. The number of nitrogens with one attached hydrogen (secondary N) is 1. The molecule has 0 rings (SSSR count). The highest BCUT2D eigenvalue weighted by molar-refractivity contribution is 5.75. The molecule has 0 bridgehead atoms. The highest BCUT2D eigenvalue weighted by atomic mass is 16.3. The van der Waals surface area contributed by atoms with Gasteiger partial charge in [-0.1, -0.05) is 45.4 Å². The fourth-order valence-corrected chi connectivity index (χ4v) is 1.83. The lowest BCUT2D eigenvalue weighted by molar-refractivity contribution is -0.120. The number of aliphatic hydroxyl groups excluding tert-OH is 2. The minimum Gasteiger partial charge on any atom is -0.394 e. The van der Waals surface area contributed by atoms with Crippen molar-refractivity contribution in [2.45, 2.75) is 70.8 Å². The number of carbonyl (C=O) groups is 1. The third-order valence-electron chi connectivity index (χ3n) is 3.07. The van der Waals surface area contributed by atoms with Gasteiger partial charge in [0.05, 0.1) is 12.7 Å². The Balaban J connectivity index is 3.05. The number of amides is 1. The molecule has 108 valence electrons. The first-order chi connectivity index (χ1) is 8.70. The first-order valence-electron chi connectivity index (χ1n) is 7.26. The Labute approximate surface area is 111 Å². The van der Waals surface area contributed by atoms with Crippen LogP contribution < -0.4 is 5.32 Å². The standard InChI is InChI=1S/C14H29NO3/c1-2-14(18)15-11-9-7-5-3-4-6-8-10-13(17)12-16/h13,16-17H,2-12H2,1H3,(H,15,18). The summed E-state index contributed by atoms with van der Waals surface area (Å²) in [5, 5.41) is 20.6. The summed E-state index contributed by atoms with van der Waals surface area (Å²) >= 11 is 0. The van der Waals surface area contributed by atoms with Gasteiger partial charge in [-0.2, -0.15) is 0 Å². The summed E-state index contributed by atoms with van der Waals surface area (Å²) in [5.41, 5.74) is 0. The summed E-state index contributed by atoms with van der Waals surface area (Å²) in [7, 11) is 0. The normalized spacial score (nSPS) is 12.4. The van der Waals surface area contributed by atoms with E-state index in [0.717, 1.165) is 25.8 Å². The van der Waals surface area contributed by atoms with Crippen LogP contribution in [0, 0.1) is 0 Å². The summed E-state index contributed by atoms with van der Waals surface area (Å²) in [6.45, 7) is 2.54. The molecule has 0 radical (unpaired) electrons. The molecule has 0 fully saturated rings. The second-order valence-electron chi connectivity index (χ2n) is 4.80. The zero-order valence-corrected chi connectivity index (χ0v) is 11.7. The van der Waals surface area contributed by atoms with E-state index in [4.69, 9.17) is 10.2 Å². The van der Waals surface area contributed by atoms with Crippen LogP contribution in [0.25, 0.3) is 0 Å². The minimum atomic E-state index is -0.535. The van der Waals surface area contributed by atoms with Crippen molar-refractivity contribution >= 4 is 5.91 Å². The number of carbonyl (C=O) groups excluding carboxylic acids is 1. The molecule has 0 aromatic heterocycles. The van der Waals surface area contributed by atoms with E-state index >= 15 is 0 Å². The van der Waals surface area contributed by atoms with Gasteiger partial charge in [0.2, 0.25) is 5.91 Å². The first-order valence-corrected chi connectivity index (χ1v) is 7.26. The van der Waals surface area contributed by atoms with Crippen molar-refractivity contribution in [1.29, 1.82) is 0 Å². The summed E-state index contributed by atoms with van der Waals surface area (Å²) < 4.78 is 0. The van der Waals surface area contributed by atoms with Crippen LogP contribution in [-0.2, 0) is 4.79 Å². The van der Waals surface area contributed by atoms with Crippen LogP contribution in [0.15, 0.2) is 0 Å². The van der Waals surface area contributed by atoms with Crippen LogP contribution >= 0.6 is 0 Å². The zero-order valence-electron chi connectivity index (χ0n) is 11.7. The van der Waals surface area contributed by atoms with E-state index in [0.29, 0.717) is 12.8 Å². The molecule has 1 atom stereocenters. The molecule has 0 aromatic carbocycles. The summed E-state index contributed by atoms with van der Waals surface area (Å²) in [6.07, 6.45) is 8.73. The van der Waals surface area contributed by atoms with Gasteiger partial charge < -0.3 is 15.5 Å². The molecule has 0 saturated carbocycles. The van der Waals surface area contributed by atoms with Gasteiger partial charge in [-0.05, 0) is 12.8 Å². The Morgan fingerprint density at radius 3 is 2.17 bits per heavy atom. The Hall–Kier alpha value is -0.610. The van der Waals surface area contributed by atoms with Gasteiger partial charge in [-0.15, -0.1) is 0 Å². The van der Waals surface area contributed by atoms with E-state index in [-0.39, 0.29) is 12.5 Å². The van der Waals surface area contributed by atoms with Crippen molar-refractivity contribution in [1.82, 2.24) is 5.32 Å². The first kappa shape index (κ1) is 17.4. The SMILES string of the molecule is CCC(=O)NCCCCCCCCCC(O)CO. The zero-order chi connectivity index (χ0) is 13.6. The summed E-state index contributed by atoms with van der Waals surface area (Å²) in [6, 6.07) is 0. The van der Waals surface area contributed by atoms with Crippen LogP contribution in [0.4, 0.5) is 0 Å². The van der Waals surface area contributed by atoms with Gasteiger partial charge >= 0.3 is 0 Å². The number of aliphatic hydroxyl groups is 2. The predicted octanol–water partition coefficient (Wildman–Crippen LogP) is 1.99. The lowest BCUT2D eigenvalue weighted by Crippen LogP contribution is -2.23. The Morgan fingerprint density at radius 1 is 1.06 bits per heavy atom. The molecule has 0 heterocycles. The van der Waals surface area contributed by atoms with Gasteiger partial charge in [0, 0.05) is 13.0 Å². The third kappa shape index (κ3) is 11.9. The van der Waals surface area contributed by atoms with E-state index in [1.54, 1.807) is 0 Å². The molecular weight excluding hydrogens is 230 g/mol. The topological polar surface area (TPSA) is 69.6 Å². The van der Waals surface area contributed by atoms with Crippen LogP contribution in [0.1, 0.15) is 64.7 Å². The van der Waals surface area contributed by atoms with Gasteiger partial charge in [-0.3, -0.25) is 4.79 Å². The number of unbranched alkanes of at least 4 members (excludes halogenated alkanes) is 6. The second kappa shape index (κ2) is 12.8. The van der Waals surface area contributed by atoms with Crippen molar-refractivity contribution in [3.05, 3.63) is 0 Å². The number of rotatable bonds is 12. The van der Waals surface area contributed by atoms with Crippen LogP contribution in [0.3, 0.4) is 0 Å². The Bertz CT molecular complexity index is 197. The molecule has 18 heavy (non-hydrogen) atoms. The van der Waals surface area contributed by atoms with Crippen molar-refractivity contribution in [2.75, 3.05) is 13.2 Å².